The molecule has 0 saturated carbocycles. The third-order valence-corrected chi connectivity index (χ3v) is 3.92. The number of nitrogens with zero attached hydrogens (tertiary/aromatic N) is 1. The van der Waals surface area contributed by atoms with Crippen molar-refractivity contribution in [2.45, 2.75) is 38.7 Å². The predicted octanol–water partition coefficient (Wildman–Crippen LogP) is 3.01. The topological polar surface area (TPSA) is 45.7 Å². The number of hydrogen-bond acceptors (Lipinski definition) is 2. The molecule has 1 aromatic carbocycles. The summed E-state index contributed by atoms with van der Waals surface area (Å²) in [5, 5.41) is 7.43. The molecule has 0 radical (unpaired) electrons. The zero-order valence-corrected chi connectivity index (χ0v) is 14.0. The normalized spacial score (nSPS) is 18.5. The Kier molecular flexibility index (Phi) is 7.54. The summed E-state index contributed by atoms with van der Waals surface area (Å²) >= 11 is 6.00. The van der Waals surface area contributed by atoms with Crippen LogP contribution in [0.5, 0.6) is 0 Å². The summed E-state index contributed by atoms with van der Waals surface area (Å²) < 4.78 is 5.62. The van der Waals surface area contributed by atoms with E-state index in [2.05, 4.69) is 28.6 Å². The van der Waals surface area contributed by atoms with Crippen LogP contribution in [-0.4, -0.2) is 38.3 Å². The third kappa shape index (κ3) is 6.24. The van der Waals surface area contributed by atoms with Crippen molar-refractivity contribution in [2.24, 2.45) is 4.99 Å². The molecule has 1 unspecified atom stereocenters. The highest BCUT2D eigenvalue weighted by molar-refractivity contribution is 6.30. The van der Waals surface area contributed by atoms with Crippen molar-refractivity contribution < 1.29 is 4.74 Å². The van der Waals surface area contributed by atoms with Crippen molar-refractivity contribution in [3.8, 4) is 0 Å². The monoisotopic (exact) mass is 323 g/mol. The van der Waals surface area contributed by atoms with E-state index in [1.54, 1.807) is 0 Å². The highest BCUT2D eigenvalue weighted by atomic mass is 35.5. The first-order chi connectivity index (χ1) is 10.8. The van der Waals surface area contributed by atoms with Gasteiger partial charge in [-0.2, -0.15) is 0 Å². The Morgan fingerprint density at radius 1 is 1.41 bits per heavy atom. The van der Waals surface area contributed by atoms with Gasteiger partial charge in [0.1, 0.15) is 0 Å². The molecule has 2 N–H and O–H groups in total. The Morgan fingerprint density at radius 2 is 2.32 bits per heavy atom. The number of ether oxygens (including phenoxy) is 1. The zero-order chi connectivity index (χ0) is 15.6. The fourth-order valence-electron chi connectivity index (χ4n) is 2.55. The van der Waals surface area contributed by atoms with Crippen LogP contribution in [0.15, 0.2) is 29.3 Å². The molecule has 1 aromatic rings. The molecule has 1 aliphatic rings. The van der Waals surface area contributed by atoms with E-state index in [0.717, 1.165) is 50.1 Å². The van der Waals surface area contributed by atoms with Gasteiger partial charge in [-0.15, -0.1) is 0 Å². The third-order valence-electron chi connectivity index (χ3n) is 3.68. The number of nitrogens with one attached hydrogen (secondary N) is 2. The van der Waals surface area contributed by atoms with Crippen LogP contribution < -0.4 is 10.6 Å². The molecule has 1 saturated heterocycles. The Hall–Kier alpha value is -1.26. The fraction of sp³-hybridized carbons (Fsp3) is 0.588. The van der Waals surface area contributed by atoms with E-state index >= 15 is 0 Å². The fourth-order valence-corrected chi connectivity index (χ4v) is 2.76. The quantitative estimate of drug-likeness (QED) is 0.599. The van der Waals surface area contributed by atoms with Gasteiger partial charge in [0.05, 0.1) is 6.10 Å². The van der Waals surface area contributed by atoms with E-state index in [4.69, 9.17) is 16.3 Å². The van der Waals surface area contributed by atoms with Gasteiger partial charge in [0.25, 0.3) is 0 Å². The van der Waals surface area contributed by atoms with Crippen LogP contribution >= 0.6 is 11.6 Å². The van der Waals surface area contributed by atoms with Gasteiger partial charge in [0.2, 0.25) is 0 Å². The molecule has 1 atom stereocenters. The summed E-state index contributed by atoms with van der Waals surface area (Å²) in [6, 6.07) is 7.98. The highest BCUT2D eigenvalue weighted by Crippen LogP contribution is 2.14. The highest BCUT2D eigenvalue weighted by Gasteiger charge is 2.14. The second-order valence-corrected chi connectivity index (χ2v) is 5.93. The van der Waals surface area contributed by atoms with Crippen molar-refractivity contribution >= 4 is 17.6 Å². The van der Waals surface area contributed by atoms with Gasteiger partial charge in [0.15, 0.2) is 5.96 Å². The number of guanidine groups is 1. The smallest absolute Gasteiger partial charge is 0.191 e. The molecule has 5 heteroatoms. The largest absolute Gasteiger partial charge is 0.378 e. The first-order valence-electron chi connectivity index (χ1n) is 8.16. The minimum atomic E-state index is 0.401. The van der Waals surface area contributed by atoms with Crippen LogP contribution in [0.1, 0.15) is 31.7 Å². The maximum Gasteiger partial charge on any atom is 0.191 e. The van der Waals surface area contributed by atoms with Gasteiger partial charge < -0.3 is 15.4 Å². The van der Waals surface area contributed by atoms with Crippen LogP contribution in [-0.2, 0) is 11.2 Å². The van der Waals surface area contributed by atoms with E-state index in [-0.39, 0.29) is 0 Å². The molecule has 0 aliphatic carbocycles. The van der Waals surface area contributed by atoms with Crippen molar-refractivity contribution in [1.29, 1.82) is 0 Å². The summed E-state index contributed by atoms with van der Waals surface area (Å²) in [7, 11) is 0. The number of hydrogen-bond donors (Lipinski definition) is 2. The Labute approximate surface area is 138 Å². The van der Waals surface area contributed by atoms with E-state index in [1.807, 2.05) is 18.2 Å². The predicted molar refractivity (Wildman–Crippen MR) is 92.7 cm³/mol. The molecule has 1 heterocycles. The maximum atomic E-state index is 6.00. The van der Waals surface area contributed by atoms with E-state index < -0.39 is 0 Å². The molecule has 0 spiro atoms. The van der Waals surface area contributed by atoms with Gasteiger partial charge in [0, 0.05) is 31.3 Å². The Bertz CT molecular complexity index is 473. The molecule has 0 bridgehead atoms. The molecule has 1 fully saturated rings. The average Bonchev–Trinajstić information content (AvgIpc) is 3.01. The standard InChI is InChI=1S/C17H26ClN3O/c1-2-19-17(21-11-9-16-7-4-12-22-16)20-10-8-14-5-3-6-15(18)13-14/h3,5-6,13,16H,2,4,7-12H2,1H3,(H2,19,20,21). The number of halogens is 1. The summed E-state index contributed by atoms with van der Waals surface area (Å²) in [5.74, 6) is 0.877. The van der Waals surface area contributed by atoms with E-state index in [0.29, 0.717) is 6.10 Å². The van der Waals surface area contributed by atoms with Crippen LogP contribution in [0.3, 0.4) is 0 Å². The summed E-state index contributed by atoms with van der Waals surface area (Å²) in [6.07, 6.45) is 4.69. The molecule has 0 aromatic heterocycles. The summed E-state index contributed by atoms with van der Waals surface area (Å²) in [5.41, 5.74) is 1.23. The summed E-state index contributed by atoms with van der Waals surface area (Å²) in [6.45, 7) is 5.49. The Morgan fingerprint density at radius 3 is 3.05 bits per heavy atom. The molecule has 1 aliphatic heterocycles. The first kappa shape index (κ1) is 17.1. The number of rotatable bonds is 7. The lowest BCUT2D eigenvalue weighted by atomic mass is 10.1. The zero-order valence-electron chi connectivity index (χ0n) is 13.3. The van der Waals surface area contributed by atoms with Gasteiger partial charge >= 0.3 is 0 Å². The van der Waals surface area contributed by atoms with E-state index in [1.165, 1.54) is 18.4 Å². The van der Waals surface area contributed by atoms with Crippen molar-refractivity contribution in [3.05, 3.63) is 34.9 Å². The van der Waals surface area contributed by atoms with Gasteiger partial charge in [-0.3, -0.25) is 4.99 Å². The molecular formula is C17H26ClN3O. The SMILES string of the molecule is CCNC(=NCCC1CCCO1)NCCc1cccc(Cl)c1. The van der Waals surface area contributed by atoms with Crippen LogP contribution in [0.2, 0.25) is 5.02 Å². The van der Waals surface area contributed by atoms with Crippen LogP contribution in [0, 0.1) is 0 Å². The lowest BCUT2D eigenvalue weighted by Crippen LogP contribution is -2.38. The average molecular weight is 324 g/mol. The number of aliphatic imine (C=N–C) groups is 1. The molecule has 122 valence electrons. The summed E-state index contributed by atoms with van der Waals surface area (Å²) in [4.78, 5) is 4.61. The molecule has 0 amide bonds. The first-order valence-corrected chi connectivity index (χ1v) is 8.54. The van der Waals surface area contributed by atoms with Crippen molar-refractivity contribution in [2.75, 3.05) is 26.2 Å². The maximum absolute atomic E-state index is 6.00. The lowest BCUT2D eigenvalue weighted by Gasteiger charge is -2.12. The van der Waals surface area contributed by atoms with Crippen molar-refractivity contribution in [1.82, 2.24) is 10.6 Å². The molecule has 22 heavy (non-hydrogen) atoms. The van der Waals surface area contributed by atoms with Gasteiger partial charge in [-0.1, -0.05) is 23.7 Å². The number of benzene rings is 1. The minimum absolute atomic E-state index is 0.401. The van der Waals surface area contributed by atoms with Crippen LogP contribution in [0.25, 0.3) is 0 Å². The minimum Gasteiger partial charge on any atom is -0.378 e. The van der Waals surface area contributed by atoms with Crippen molar-refractivity contribution in [3.63, 3.8) is 0 Å². The second kappa shape index (κ2) is 9.70. The lowest BCUT2D eigenvalue weighted by molar-refractivity contribution is 0.106. The molecular weight excluding hydrogens is 298 g/mol. The Balaban J connectivity index is 1.72. The second-order valence-electron chi connectivity index (χ2n) is 5.49. The molecule has 2 rings (SSSR count). The van der Waals surface area contributed by atoms with Gasteiger partial charge in [-0.25, -0.2) is 0 Å². The molecule has 4 nitrogen and oxygen atoms in total. The van der Waals surface area contributed by atoms with Gasteiger partial charge in [-0.05, 0) is 50.3 Å². The van der Waals surface area contributed by atoms with E-state index in [9.17, 15) is 0 Å². The van der Waals surface area contributed by atoms with Crippen LogP contribution in [0.4, 0.5) is 0 Å².